The fraction of sp³-hybridized carbons (Fsp3) is 0.238. The van der Waals surface area contributed by atoms with Crippen LogP contribution in [0.1, 0.15) is 25.3 Å². The number of benzene rings is 2. The van der Waals surface area contributed by atoms with Crippen molar-refractivity contribution < 1.29 is 27.2 Å². The molecule has 2 aromatic carbocycles. The van der Waals surface area contributed by atoms with Crippen molar-refractivity contribution >= 4 is 21.8 Å². The van der Waals surface area contributed by atoms with Gasteiger partial charge in [-0.15, -0.1) is 0 Å². The van der Waals surface area contributed by atoms with Crippen LogP contribution in [0.2, 0.25) is 0 Å². The Morgan fingerprint density at radius 3 is 2.66 bits per heavy atom. The van der Waals surface area contributed by atoms with Crippen molar-refractivity contribution in [2.24, 2.45) is 4.99 Å². The highest BCUT2D eigenvalue weighted by Gasteiger charge is 2.31. The van der Waals surface area contributed by atoms with Crippen LogP contribution in [0.25, 0.3) is 11.4 Å². The predicted octanol–water partition coefficient (Wildman–Crippen LogP) is 2.31. The number of fused-ring (bicyclic) bond motifs is 1. The predicted molar refractivity (Wildman–Crippen MR) is 113 cm³/mol. The van der Waals surface area contributed by atoms with E-state index in [1.165, 1.54) is 13.0 Å². The van der Waals surface area contributed by atoms with Crippen LogP contribution in [-0.2, 0) is 26.2 Å². The molecular formula is C21H20N4O6S. The number of aromatic nitrogens is 2. The lowest BCUT2D eigenvalue weighted by molar-refractivity contribution is -0.146. The van der Waals surface area contributed by atoms with Gasteiger partial charge in [0.05, 0.1) is 17.1 Å². The van der Waals surface area contributed by atoms with Gasteiger partial charge < -0.3 is 14.0 Å². The van der Waals surface area contributed by atoms with E-state index in [0.717, 1.165) is 0 Å². The highest BCUT2D eigenvalue weighted by Crippen LogP contribution is 2.27. The second-order valence-corrected chi connectivity index (χ2v) is 8.45. The average molecular weight is 456 g/mol. The van der Waals surface area contributed by atoms with Crippen molar-refractivity contribution in [2.75, 3.05) is 6.61 Å². The highest BCUT2D eigenvalue weighted by molar-refractivity contribution is 7.90. The van der Waals surface area contributed by atoms with Crippen molar-refractivity contribution in [2.45, 2.75) is 31.4 Å². The van der Waals surface area contributed by atoms with Crippen LogP contribution in [-0.4, -0.2) is 43.0 Å². The van der Waals surface area contributed by atoms with Crippen molar-refractivity contribution in [3.63, 3.8) is 0 Å². The summed E-state index contributed by atoms with van der Waals surface area (Å²) >= 11 is 0. The summed E-state index contributed by atoms with van der Waals surface area (Å²) in [7, 11) is -3.69. The largest absolute Gasteiger partial charge is 0.493 e. The molecule has 32 heavy (non-hydrogen) atoms. The molecule has 1 aliphatic rings. The van der Waals surface area contributed by atoms with Crippen LogP contribution >= 0.6 is 0 Å². The Morgan fingerprint density at radius 1 is 1.16 bits per heavy atom. The third-order valence-electron chi connectivity index (χ3n) is 4.56. The Labute approximate surface area is 184 Å². The molecule has 1 N–H and O–H groups in total. The molecule has 4 rings (SSSR count). The first-order valence-corrected chi connectivity index (χ1v) is 11.3. The normalized spacial score (nSPS) is 16.2. The van der Waals surface area contributed by atoms with E-state index in [9.17, 15) is 13.2 Å². The van der Waals surface area contributed by atoms with Gasteiger partial charge in [-0.05, 0) is 38.1 Å². The van der Waals surface area contributed by atoms with E-state index >= 15 is 0 Å². The van der Waals surface area contributed by atoms with Gasteiger partial charge in [0.25, 0.3) is 15.9 Å². The maximum Gasteiger partial charge on any atom is 0.331 e. The molecule has 0 amide bonds. The van der Waals surface area contributed by atoms with Crippen LogP contribution in [0.5, 0.6) is 5.75 Å². The maximum atomic E-state index is 12.4. The topological polar surface area (TPSA) is 133 Å². The Hall–Kier alpha value is -3.73. The number of amidine groups is 1. The van der Waals surface area contributed by atoms with E-state index in [4.69, 9.17) is 14.0 Å². The fourth-order valence-corrected chi connectivity index (χ4v) is 4.32. The van der Waals surface area contributed by atoms with Gasteiger partial charge in [0.1, 0.15) is 17.6 Å². The quantitative estimate of drug-likeness (QED) is 0.536. The number of nitrogens with zero attached hydrogens (tertiary/aromatic N) is 3. The molecular weight excluding hydrogens is 436 g/mol. The minimum absolute atomic E-state index is 0.0951. The molecule has 2 heterocycles. The minimum atomic E-state index is -3.69. The summed E-state index contributed by atoms with van der Waals surface area (Å²) in [4.78, 5) is 20.9. The summed E-state index contributed by atoms with van der Waals surface area (Å²) in [5.41, 5.74) is 1.06. The Kier molecular flexibility index (Phi) is 5.91. The Bertz CT molecular complexity index is 1280. The molecule has 1 aromatic heterocycles. The van der Waals surface area contributed by atoms with Gasteiger partial charge in [-0.1, -0.05) is 29.4 Å². The van der Waals surface area contributed by atoms with Crippen molar-refractivity contribution in [1.82, 2.24) is 14.9 Å². The monoisotopic (exact) mass is 456 g/mol. The smallest absolute Gasteiger partial charge is 0.331 e. The molecule has 0 saturated carbocycles. The molecule has 166 valence electrons. The molecule has 0 bridgehead atoms. The van der Waals surface area contributed by atoms with Crippen LogP contribution in [0.15, 0.2) is 62.9 Å². The van der Waals surface area contributed by atoms with E-state index in [1.54, 1.807) is 30.3 Å². The average Bonchev–Trinajstić information content (AvgIpc) is 3.35. The number of hydrogen-bond acceptors (Lipinski definition) is 9. The van der Waals surface area contributed by atoms with Gasteiger partial charge in [0.15, 0.2) is 6.61 Å². The third kappa shape index (κ3) is 4.33. The fourth-order valence-electron chi connectivity index (χ4n) is 3.09. The number of hydrogen-bond donors (Lipinski definition) is 1. The summed E-state index contributed by atoms with van der Waals surface area (Å²) in [6.45, 7) is 3.61. The van der Waals surface area contributed by atoms with E-state index in [-0.39, 0.29) is 23.2 Å². The lowest BCUT2D eigenvalue weighted by atomic mass is 10.2. The van der Waals surface area contributed by atoms with Crippen molar-refractivity contribution in [3.8, 4) is 17.1 Å². The van der Waals surface area contributed by atoms with Gasteiger partial charge in [-0.3, -0.25) is 9.71 Å². The van der Waals surface area contributed by atoms with E-state index in [0.29, 0.717) is 29.3 Å². The number of aliphatic imine (C=N–C) groups is 1. The van der Waals surface area contributed by atoms with Crippen LogP contribution in [0.4, 0.5) is 0 Å². The molecule has 0 fully saturated rings. The molecule has 11 heteroatoms. The number of rotatable bonds is 7. The van der Waals surface area contributed by atoms with Gasteiger partial charge in [0.2, 0.25) is 5.82 Å². The van der Waals surface area contributed by atoms with Crippen molar-refractivity contribution in [1.29, 1.82) is 0 Å². The lowest BCUT2D eigenvalue weighted by Crippen LogP contribution is -2.26. The van der Waals surface area contributed by atoms with Gasteiger partial charge in [-0.2, -0.15) is 4.98 Å². The number of ether oxygens (including phenoxy) is 2. The first-order valence-electron chi connectivity index (χ1n) is 9.80. The third-order valence-corrected chi connectivity index (χ3v) is 5.96. The van der Waals surface area contributed by atoms with E-state index in [2.05, 4.69) is 19.9 Å². The van der Waals surface area contributed by atoms with E-state index < -0.39 is 22.0 Å². The number of para-hydroxylation sites is 1. The molecule has 0 unspecified atom stereocenters. The number of carbonyl (C=O) groups excluding carboxylic acids is 1. The number of esters is 1. The Balaban J connectivity index is 1.43. The van der Waals surface area contributed by atoms with E-state index in [1.807, 2.05) is 19.1 Å². The van der Waals surface area contributed by atoms with Gasteiger partial charge >= 0.3 is 5.97 Å². The summed E-state index contributed by atoms with van der Waals surface area (Å²) in [6.07, 6.45) is 0. The first-order chi connectivity index (χ1) is 15.4. The molecule has 0 spiro atoms. The molecule has 0 aliphatic carbocycles. The van der Waals surface area contributed by atoms with Gasteiger partial charge in [0, 0.05) is 5.56 Å². The zero-order chi connectivity index (χ0) is 22.7. The Morgan fingerprint density at radius 2 is 1.88 bits per heavy atom. The van der Waals surface area contributed by atoms with Crippen LogP contribution in [0.3, 0.4) is 0 Å². The second kappa shape index (κ2) is 8.79. The lowest BCUT2D eigenvalue weighted by Gasteiger charge is -2.07. The summed E-state index contributed by atoms with van der Waals surface area (Å²) in [6, 6.07) is 12.7. The second-order valence-electron chi connectivity index (χ2n) is 6.80. The number of carbonyl (C=O) groups is 1. The summed E-state index contributed by atoms with van der Waals surface area (Å²) in [5.74, 6) is 0.452. The molecule has 0 radical (unpaired) electrons. The van der Waals surface area contributed by atoms with Gasteiger partial charge in [-0.25, -0.2) is 13.2 Å². The summed E-state index contributed by atoms with van der Waals surface area (Å²) < 4.78 is 42.6. The standard InChI is InChI=1S/C21H20N4O6S/c1-3-29-16-10-6-4-8-14(16)19-23-18(31-24-19)12-30-21(26)13(2)22-20-15-9-5-7-11-17(15)32(27,28)25-20/h4-11,13H,3,12H2,1-2H3,(H,22,25)/t13-/m0/s1. The molecule has 1 atom stereocenters. The zero-order valence-corrected chi connectivity index (χ0v) is 18.1. The van der Waals surface area contributed by atoms with Crippen LogP contribution < -0.4 is 9.46 Å². The molecule has 1 aliphatic heterocycles. The molecule has 10 nitrogen and oxygen atoms in total. The maximum absolute atomic E-state index is 12.4. The number of sulfonamides is 1. The zero-order valence-electron chi connectivity index (χ0n) is 17.3. The first kappa shape index (κ1) is 21.5. The van der Waals surface area contributed by atoms with Crippen molar-refractivity contribution in [3.05, 3.63) is 60.0 Å². The molecule has 3 aromatic rings. The van der Waals surface area contributed by atoms with Crippen LogP contribution in [0, 0.1) is 0 Å². The summed E-state index contributed by atoms with van der Waals surface area (Å²) in [5, 5.41) is 3.91. The minimum Gasteiger partial charge on any atom is -0.493 e. The molecule has 0 saturated heterocycles. The SMILES string of the molecule is CCOc1ccccc1-c1noc(COC(=O)[C@H](C)N=C2NS(=O)(=O)c3ccccc32)n1. The highest BCUT2D eigenvalue weighted by atomic mass is 32.2. The number of nitrogens with one attached hydrogen (secondary N) is 1.